The summed E-state index contributed by atoms with van der Waals surface area (Å²) >= 11 is 6.38. The minimum absolute atomic E-state index is 0.0273. The lowest BCUT2D eigenvalue weighted by atomic mass is 9.91. The van der Waals surface area contributed by atoms with Crippen LogP contribution in [0.25, 0.3) is 11.3 Å². The van der Waals surface area contributed by atoms with Crippen LogP contribution in [0, 0.1) is 5.92 Å². The van der Waals surface area contributed by atoms with Crippen LogP contribution in [0.5, 0.6) is 5.75 Å². The lowest BCUT2D eigenvalue weighted by Crippen LogP contribution is -2.41. The third-order valence-corrected chi connectivity index (χ3v) is 6.96. The van der Waals surface area contributed by atoms with E-state index >= 15 is 0 Å². The summed E-state index contributed by atoms with van der Waals surface area (Å²) in [6, 6.07) is 12.7. The number of amides is 1. The van der Waals surface area contributed by atoms with Crippen LogP contribution in [-0.2, 0) is 23.2 Å². The van der Waals surface area contributed by atoms with Gasteiger partial charge in [-0.15, -0.1) is 0 Å². The van der Waals surface area contributed by atoms with Crippen molar-refractivity contribution >= 4 is 23.3 Å². The minimum Gasteiger partial charge on any atom is -0.489 e. The normalized spacial score (nSPS) is 13.2. The van der Waals surface area contributed by atoms with E-state index in [1.54, 1.807) is 25.1 Å². The van der Waals surface area contributed by atoms with Crippen molar-refractivity contribution in [2.24, 2.45) is 17.4 Å². The molecule has 0 spiro atoms. The Kier molecular flexibility index (Phi) is 11.1. The summed E-state index contributed by atoms with van der Waals surface area (Å²) in [5.74, 6) is 1.09. The maximum absolute atomic E-state index is 13.3. The lowest BCUT2D eigenvalue weighted by Gasteiger charge is -2.19. The van der Waals surface area contributed by atoms with Gasteiger partial charge in [0.1, 0.15) is 11.6 Å². The summed E-state index contributed by atoms with van der Waals surface area (Å²) in [4.78, 5) is 30.4. The van der Waals surface area contributed by atoms with E-state index in [4.69, 9.17) is 32.8 Å². The highest BCUT2D eigenvalue weighted by Crippen LogP contribution is 2.29. The van der Waals surface area contributed by atoms with Gasteiger partial charge in [0.25, 0.3) is 0 Å². The highest BCUT2D eigenvalue weighted by Gasteiger charge is 2.23. The molecule has 5 N–H and O–H groups in total. The van der Waals surface area contributed by atoms with E-state index in [2.05, 4.69) is 36.9 Å². The Balaban J connectivity index is 1.79. The van der Waals surface area contributed by atoms with Gasteiger partial charge < -0.3 is 26.1 Å². The van der Waals surface area contributed by atoms with Crippen LogP contribution in [0.4, 0.5) is 0 Å². The Bertz CT molecular complexity index is 1330. The van der Waals surface area contributed by atoms with E-state index in [0.717, 1.165) is 22.6 Å². The molecular formula is C32H44ClN5O3. The molecule has 0 unspecified atom stereocenters. The number of Topliss-reactive ketones (excluding diaryl/α,β-unsaturated/α-hetero) is 1. The Labute approximate surface area is 248 Å². The molecule has 0 bridgehead atoms. The maximum atomic E-state index is 13.3. The monoisotopic (exact) mass is 581 g/mol. The summed E-state index contributed by atoms with van der Waals surface area (Å²) in [6.07, 6.45) is 2.86. The second-order valence-electron chi connectivity index (χ2n) is 11.9. The maximum Gasteiger partial charge on any atom is 0.236 e. The van der Waals surface area contributed by atoms with Crippen LogP contribution in [-0.4, -0.2) is 46.5 Å². The number of imidazole rings is 1. The van der Waals surface area contributed by atoms with Gasteiger partial charge in [0.15, 0.2) is 5.78 Å². The SMILES string of the molecule is CC(C)Oc1ccc(C(=O)C[C@H](CNC(=O)[C@@H](C)N)Cc2ccc(-c3cn(CCN)c(C(C)(C)C)n3)cc2)cc1Cl. The molecule has 0 saturated carbocycles. The predicted octanol–water partition coefficient (Wildman–Crippen LogP) is 5.14. The molecule has 0 radical (unpaired) electrons. The number of hydrogen-bond acceptors (Lipinski definition) is 6. The number of carbonyl (C=O) groups is 2. The summed E-state index contributed by atoms with van der Waals surface area (Å²) < 4.78 is 7.82. The van der Waals surface area contributed by atoms with Crippen LogP contribution >= 0.6 is 11.6 Å². The molecule has 41 heavy (non-hydrogen) atoms. The van der Waals surface area contributed by atoms with Crippen LogP contribution in [0.15, 0.2) is 48.7 Å². The first-order valence-electron chi connectivity index (χ1n) is 14.2. The number of rotatable bonds is 13. The second-order valence-corrected chi connectivity index (χ2v) is 12.3. The van der Waals surface area contributed by atoms with E-state index in [1.807, 2.05) is 38.1 Å². The molecule has 0 fully saturated rings. The van der Waals surface area contributed by atoms with Crippen molar-refractivity contribution in [3.8, 4) is 17.0 Å². The predicted molar refractivity (Wildman–Crippen MR) is 165 cm³/mol. The second kappa shape index (κ2) is 14.1. The average molecular weight is 582 g/mol. The zero-order valence-electron chi connectivity index (χ0n) is 25.0. The van der Waals surface area contributed by atoms with Gasteiger partial charge in [0.2, 0.25) is 5.91 Å². The topological polar surface area (TPSA) is 125 Å². The van der Waals surface area contributed by atoms with Crippen molar-refractivity contribution in [3.05, 3.63) is 70.6 Å². The molecule has 0 aliphatic carbocycles. The molecule has 222 valence electrons. The zero-order valence-corrected chi connectivity index (χ0v) is 25.8. The van der Waals surface area contributed by atoms with Crippen molar-refractivity contribution in [2.45, 2.75) is 78.5 Å². The van der Waals surface area contributed by atoms with Crippen LogP contribution in [0.1, 0.15) is 69.7 Å². The molecule has 0 aliphatic heterocycles. The van der Waals surface area contributed by atoms with E-state index in [-0.39, 0.29) is 35.5 Å². The summed E-state index contributed by atoms with van der Waals surface area (Å²) in [7, 11) is 0. The van der Waals surface area contributed by atoms with Crippen molar-refractivity contribution in [1.82, 2.24) is 14.9 Å². The summed E-state index contributed by atoms with van der Waals surface area (Å²) in [5, 5.41) is 3.28. The Morgan fingerprint density at radius 2 is 1.78 bits per heavy atom. The fourth-order valence-corrected chi connectivity index (χ4v) is 4.86. The minimum atomic E-state index is -0.630. The number of nitrogens with one attached hydrogen (secondary N) is 1. The number of halogens is 1. The first kappa shape index (κ1) is 32.3. The fourth-order valence-electron chi connectivity index (χ4n) is 4.63. The molecule has 2 atom stereocenters. The first-order chi connectivity index (χ1) is 19.3. The van der Waals surface area contributed by atoms with Crippen molar-refractivity contribution in [1.29, 1.82) is 0 Å². The Morgan fingerprint density at radius 3 is 2.34 bits per heavy atom. The van der Waals surface area contributed by atoms with E-state index < -0.39 is 6.04 Å². The van der Waals surface area contributed by atoms with E-state index in [0.29, 0.717) is 42.4 Å². The van der Waals surface area contributed by atoms with Crippen molar-refractivity contribution < 1.29 is 14.3 Å². The van der Waals surface area contributed by atoms with Gasteiger partial charge in [-0.1, -0.05) is 56.6 Å². The molecule has 2 aromatic carbocycles. The van der Waals surface area contributed by atoms with Gasteiger partial charge in [-0.25, -0.2) is 4.98 Å². The standard InChI is InChI=1S/C32H44ClN5O3/c1-20(2)41-29-12-11-25(17-26(29)33)28(39)16-23(18-36-30(40)21(3)35)15-22-7-9-24(10-8-22)27-19-38(14-13-34)31(37-27)32(4,5)6/h7-12,17,19-21,23H,13-16,18,34-35H2,1-6H3,(H,36,40)/t21-,23-/m1/s1. The highest BCUT2D eigenvalue weighted by atomic mass is 35.5. The van der Waals surface area contributed by atoms with E-state index in [1.165, 1.54) is 0 Å². The molecule has 0 aliphatic rings. The average Bonchev–Trinajstić information content (AvgIpc) is 3.33. The molecule has 3 aromatic rings. The molecule has 1 aromatic heterocycles. The quantitative estimate of drug-likeness (QED) is 0.240. The molecule has 1 heterocycles. The number of nitrogens with two attached hydrogens (primary N) is 2. The van der Waals surface area contributed by atoms with Gasteiger partial charge in [0, 0.05) is 48.8 Å². The lowest BCUT2D eigenvalue weighted by molar-refractivity contribution is -0.122. The van der Waals surface area contributed by atoms with Gasteiger partial charge in [-0.3, -0.25) is 9.59 Å². The largest absolute Gasteiger partial charge is 0.489 e. The van der Waals surface area contributed by atoms with Gasteiger partial charge in [-0.05, 0) is 56.9 Å². The number of hydrogen-bond donors (Lipinski definition) is 3. The van der Waals surface area contributed by atoms with Crippen molar-refractivity contribution in [3.63, 3.8) is 0 Å². The number of ether oxygens (including phenoxy) is 1. The van der Waals surface area contributed by atoms with Crippen LogP contribution < -0.4 is 21.5 Å². The number of benzene rings is 2. The number of ketones is 1. The smallest absolute Gasteiger partial charge is 0.236 e. The summed E-state index contributed by atoms with van der Waals surface area (Å²) in [5.41, 5.74) is 14.9. The molecule has 9 heteroatoms. The molecule has 8 nitrogen and oxygen atoms in total. The zero-order chi connectivity index (χ0) is 30.3. The number of aromatic nitrogens is 2. The summed E-state index contributed by atoms with van der Waals surface area (Å²) in [6.45, 7) is 13.5. The van der Waals surface area contributed by atoms with E-state index in [9.17, 15) is 9.59 Å². The van der Waals surface area contributed by atoms with Gasteiger partial charge in [-0.2, -0.15) is 0 Å². The first-order valence-corrected chi connectivity index (χ1v) is 14.6. The number of nitrogens with zero attached hydrogens (tertiary/aromatic N) is 2. The van der Waals surface area contributed by atoms with Crippen molar-refractivity contribution in [2.75, 3.05) is 13.1 Å². The molecular weight excluding hydrogens is 538 g/mol. The molecule has 0 saturated heterocycles. The Hall–Kier alpha value is -3.20. The van der Waals surface area contributed by atoms with Gasteiger partial charge >= 0.3 is 0 Å². The molecule has 3 rings (SSSR count). The molecule has 1 amide bonds. The fraction of sp³-hybridized carbons (Fsp3) is 0.469. The highest BCUT2D eigenvalue weighted by molar-refractivity contribution is 6.32. The third kappa shape index (κ3) is 9.15. The third-order valence-electron chi connectivity index (χ3n) is 6.66. The van der Waals surface area contributed by atoms with Gasteiger partial charge in [0.05, 0.1) is 22.9 Å². The number of carbonyl (C=O) groups excluding carboxylic acids is 2. The Morgan fingerprint density at radius 1 is 1.10 bits per heavy atom. The van der Waals surface area contributed by atoms with Crippen LogP contribution in [0.3, 0.4) is 0 Å². The van der Waals surface area contributed by atoms with Crippen LogP contribution in [0.2, 0.25) is 5.02 Å².